The number of carbonyl (C=O) groups excluding carboxylic acids is 1. The Balaban J connectivity index is 1.67. The molecule has 0 amide bonds. The van der Waals surface area contributed by atoms with Crippen LogP contribution in [0.4, 0.5) is 0 Å². The molecule has 0 aliphatic heterocycles. The molecule has 0 saturated heterocycles. The molecular weight excluding hydrogens is 400 g/mol. The van der Waals surface area contributed by atoms with E-state index in [1.165, 1.54) is 57.8 Å². The van der Waals surface area contributed by atoms with Crippen LogP contribution in [0, 0.1) is 0 Å². The molecule has 0 N–H and O–H groups in total. The second-order valence-corrected chi connectivity index (χ2v) is 8.26. The van der Waals surface area contributed by atoms with Gasteiger partial charge >= 0.3 is 5.97 Å². The van der Waals surface area contributed by atoms with Crippen LogP contribution in [0.3, 0.4) is 0 Å². The fourth-order valence-corrected chi connectivity index (χ4v) is 3.43. The highest BCUT2D eigenvalue weighted by Gasteiger charge is 2.09. The molecule has 0 aliphatic carbocycles. The smallest absolute Gasteiger partial charge is 0.343 e. The summed E-state index contributed by atoms with van der Waals surface area (Å²) in [5.41, 5.74) is 0.503. The Hall–Kier alpha value is -2.49. The topological polar surface area (TPSA) is 44.8 Å². The number of unbranched alkanes of at least 4 members (excludes halogenated alkanes) is 9. The SMILES string of the molecule is CCCCCCCCOc1ccc(OC(=O)c2ccc(OCCCCCCC)cc2)cc1. The Kier molecular flexibility index (Phi) is 13.0. The quantitative estimate of drug-likeness (QED) is 0.142. The number of hydrogen-bond donors (Lipinski definition) is 0. The average molecular weight is 441 g/mol. The van der Waals surface area contributed by atoms with E-state index in [0.717, 1.165) is 30.9 Å². The van der Waals surface area contributed by atoms with Crippen LogP contribution in [-0.4, -0.2) is 19.2 Å². The van der Waals surface area contributed by atoms with Gasteiger partial charge in [-0.05, 0) is 61.4 Å². The molecular formula is C28H40O4. The standard InChI is InChI=1S/C28H40O4/c1-3-5-7-9-11-13-23-31-26-18-20-27(21-19-26)32-28(29)24-14-16-25(17-15-24)30-22-12-10-8-6-4-2/h14-21H,3-13,22-23H2,1-2H3. The molecule has 0 saturated carbocycles. The molecule has 0 aliphatic rings. The monoisotopic (exact) mass is 440 g/mol. The van der Waals surface area contributed by atoms with E-state index in [0.29, 0.717) is 17.9 Å². The summed E-state index contributed by atoms with van der Waals surface area (Å²) in [7, 11) is 0. The van der Waals surface area contributed by atoms with Crippen LogP contribution in [-0.2, 0) is 0 Å². The maximum atomic E-state index is 12.4. The molecule has 4 heteroatoms. The van der Waals surface area contributed by atoms with Crippen molar-refractivity contribution < 1.29 is 19.0 Å². The Labute approximate surface area is 194 Å². The van der Waals surface area contributed by atoms with Crippen LogP contribution < -0.4 is 14.2 Å². The molecule has 0 bridgehead atoms. The summed E-state index contributed by atoms with van der Waals surface area (Å²) in [6.07, 6.45) is 13.5. The summed E-state index contributed by atoms with van der Waals surface area (Å²) in [4.78, 5) is 12.4. The van der Waals surface area contributed by atoms with Crippen molar-refractivity contribution in [1.29, 1.82) is 0 Å². The maximum absolute atomic E-state index is 12.4. The first kappa shape index (κ1) is 25.8. The number of rotatable bonds is 17. The molecule has 0 heterocycles. The molecule has 0 radical (unpaired) electrons. The average Bonchev–Trinajstić information content (AvgIpc) is 2.82. The first-order chi connectivity index (χ1) is 15.7. The van der Waals surface area contributed by atoms with Gasteiger partial charge in [-0.15, -0.1) is 0 Å². The number of benzene rings is 2. The lowest BCUT2D eigenvalue weighted by atomic mass is 10.1. The van der Waals surface area contributed by atoms with Crippen molar-refractivity contribution in [3.8, 4) is 17.2 Å². The van der Waals surface area contributed by atoms with Gasteiger partial charge in [0.1, 0.15) is 17.2 Å². The zero-order valence-corrected chi connectivity index (χ0v) is 19.9. The maximum Gasteiger partial charge on any atom is 0.343 e. The summed E-state index contributed by atoms with van der Waals surface area (Å²) in [5, 5.41) is 0. The van der Waals surface area contributed by atoms with Crippen LogP contribution in [0.15, 0.2) is 48.5 Å². The zero-order chi connectivity index (χ0) is 22.9. The summed E-state index contributed by atoms with van der Waals surface area (Å²) < 4.78 is 17.0. The zero-order valence-electron chi connectivity index (χ0n) is 19.9. The third kappa shape index (κ3) is 10.7. The van der Waals surface area contributed by atoms with Crippen molar-refractivity contribution in [2.45, 2.75) is 84.5 Å². The highest BCUT2D eigenvalue weighted by molar-refractivity contribution is 5.91. The normalized spacial score (nSPS) is 10.7. The molecule has 176 valence electrons. The van der Waals surface area contributed by atoms with Crippen LogP contribution >= 0.6 is 0 Å². The highest BCUT2D eigenvalue weighted by Crippen LogP contribution is 2.20. The minimum Gasteiger partial charge on any atom is -0.494 e. The Morgan fingerprint density at radius 1 is 0.562 bits per heavy atom. The molecule has 32 heavy (non-hydrogen) atoms. The fraction of sp³-hybridized carbons (Fsp3) is 0.536. The third-order valence-corrected chi connectivity index (χ3v) is 5.41. The molecule has 2 rings (SSSR count). The van der Waals surface area contributed by atoms with Crippen molar-refractivity contribution >= 4 is 5.97 Å². The number of esters is 1. The van der Waals surface area contributed by atoms with Gasteiger partial charge in [0.15, 0.2) is 0 Å². The lowest BCUT2D eigenvalue weighted by molar-refractivity contribution is 0.0734. The largest absolute Gasteiger partial charge is 0.494 e. The van der Waals surface area contributed by atoms with Crippen molar-refractivity contribution in [3.05, 3.63) is 54.1 Å². The molecule has 0 spiro atoms. The Morgan fingerprint density at radius 2 is 0.969 bits per heavy atom. The van der Waals surface area contributed by atoms with E-state index in [1.807, 2.05) is 24.3 Å². The second kappa shape index (κ2) is 16.2. The van der Waals surface area contributed by atoms with E-state index in [4.69, 9.17) is 14.2 Å². The molecule has 0 fully saturated rings. The van der Waals surface area contributed by atoms with Gasteiger partial charge in [-0.2, -0.15) is 0 Å². The predicted octanol–water partition coefficient (Wildman–Crippen LogP) is 7.99. The van der Waals surface area contributed by atoms with E-state index in [9.17, 15) is 4.79 Å². The molecule has 4 nitrogen and oxygen atoms in total. The van der Waals surface area contributed by atoms with Gasteiger partial charge < -0.3 is 14.2 Å². The van der Waals surface area contributed by atoms with Crippen molar-refractivity contribution in [1.82, 2.24) is 0 Å². The predicted molar refractivity (Wildman–Crippen MR) is 131 cm³/mol. The van der Waals surface area contributed by atoms with Crippen LogP contribution in [0.1, 0.15) is 94.8 Å². The van der Waals surface area contributed by atoms with Gasteiger partial charge in [0.2, 0.25) is 0 Å². The van der Waals surface area contributed by atoms with Gasteiger partial charge in [-0.25, -0.2) is 4.79 Å². The lowest BCUT2D eigenvalue weighted by Gasteiger charge is -2.09. The van der Waals surface area contributed by atoms with Crippen LogP contribution in [0.25, 0.3) is 0 Å². The first-order valence-electron chi connectivity index (χ1n) is 12.4. The second-order valence-electron chi connectivity index (χ2n) is 8.26. The van der Waals surface area contributed by atoms with Crippen molar-refractivity contribution in [2.75, 3.05) is 13.2 Å². The summed E-state index contributed by atoms with van der Waals surface area (Å²) in [6, 6.07) is 14.4. The van der Waals surface area contributed by atoms with Crippen molar-refractivity contribution in [2.24, 2.45) is 0 Å². The van der Waals surface area contributed by atoms with E-state index in [-0.39, 0.29) is 5.97 Å². The van der Waals surface area contributed by atoms with Gasteiger partial charge in [0, 0.05) is 0 Å². The van der Waals surface area contributed by atoms with E-state index >= 15 is 0 Å². The summed E-state index contributed by atoms with van der Waals surface area (Å²) in [5.74, 6) is 1.71. The molecule has 0 atom stereocenters. The van der Waals surface area contributed by atoms with Gasteiger partial charge in [0.25, 0.3) is 0 Å². The Bertz CT molecular complexity index is 737. The van der Waals surface area contributed by atoms with E-state index in [2.05, 4.69) is 13.8 Å². The molecule has 2 aromatic rings. The van der Waals surface area contributed by atoms with E-state index < -0.39 is 0 Å². The van der Waals surface area contributed by atoms with E-state index in [1.54, 1.807) is 24.3 Å². The van der Waals surface area contributed by atoms with Gasteiger partial charge in [-0.3, -0.25) is 0 Å². The lowest BCUT2D eigenvalue weighted by Crippen LogP contribution is -2.08. The minimum atomic E-state index is -0.378. The molecule has 0 aromatic heterocycles. The summed E-state index contributed by atoms with van der Waals surface area (Å²) >= 11 is 0. The number of hydrogen-bond acceptors (Lipinski definition) is 4. The minimum absolute atomic E-state index is 0.378. The van der Waals surface area contributed by atoms with Crippen molar-refractivity contribution in [3.63, 3.8) is 0 Å². The number of ether oxygens (including phenoxy) is 3. The first-order valence-corrected chi connectivity index (χ1v) is 12.4. The van der Waals surface area contributed by atoms with Gasteiger partial charge in [-0.1, -0.05) is 71.6 Å². The molecule has 0 unspecified atom stereocenters. The third-order valence-electron chi connectivity index (χ3n) is 5.41. The van der Waals surface area contributed by atoms with Crippen LogP contribution in [0.2, 0.25) is 0 Å². The molecule has 2 aromatic carbocycles. The Morgan fingerprint density at radius 3 is 1.47 bits per heavy atom. The van der Waals surface area contributed by atoms with Gasteiger partial charge in [0.05, 0.1) is 18.8 Å². The van der Waals surface area contributed by atoms with Crippen LogP contribution in [0.5, 0.6) is 17.2 Å². The number of carbonyl (C=O) groups is 1. The fourth-order valence-electron chi connectivity index (χ4n) is 3.43. The summed E-state index contributed by atoms with van der Waals surface area (Å²) in [6.45, 7) is 5.87. The highest BCUT2D eigenvalue weighted by atomic mass is 16.5.